The maximum absolute atomic E-state index is 12.3. The van der Waals surface area contributed by atoms with E-state index >= 15 is 0 Å². The summed E-state index contributed by atoms with van der Waals surface area (Å²) in [5.41, 5.74) is 11.7. The Balaban J connectivity index is 1.31. The van der Waals surface area contributed by atoms with Crippen molar-refractivity contribution in [1.82, 2.24) is 0 Å². The van der Waals surface area contributed by atoms with Gasteiger partial charge in [0.15, 0.2) is 0 Å². The molecule has 0 spiro atoms. The molecule has 2 heterocycles. The van der Waals surface area contributed by atoms with Crippen molar-refractivity contribution in [2.75, 3.05) is 0 Å². The van der Waals surface area contributed by atoms with Crippen molar-refractivity contribution < 1.29 is 27.6 Å². The molecule has 0 N–H and O–H groups in total. The first-order chi connectivity index (χ1) is 23.4. The van der Waals surface area contributed by atoms with Crippen molar-refractivity contribution >= 4 is 48.8 Å². The predicted molar refractivity (Wildman–Crippen MR) is 186 cm³/mol. The quantitative estimate of drug-likeness (QED) is 0.229. The fourth-order valence-corrected chi connectivity index (χ4v) is 15.1. The summed E-state index contributed by atoms with van der Waals surface area (Å²) in [5.74, 6) is 0. The number of halogens is 1. The standard InChI is InChI=1S/C41H31ClO4Se2/c43-42(44,45)46-48-39(31-19-11-4-12-20-31)27-37(29-15-7-2-8-16-29)35-24-22-33(41(35)48)25-32-21-23-34-36(28-13-5-1-6-14-28)26-38(47-40(32)34)30-17-9-3-10-18-30/h1-20,25-27H,21-24H2/b33-25+. The van der Waals surface area contributed by atoms with Crippen LogP contribution in [0.2, 0.25) is 0 Å². The molecule has 0 bridgehead atoms. The summed E-state index contributed by atoms with van der Waals surface area (Å²) in [6.07, 6.45) is 10.2. The second-order valence-corrected chi connectivity index (χ2v) is 18.7. The van der Waals surface area contributed by atoms with E-state index in [4.69, 9.17) is 3.37 Å². The maximum atomic E-state index is 12.3. The van der Waals surface area contributed by atoms with Gasteiger partial charge >= 0.3 is 295 Å². The van der Waals surface area contributed by atoms with Crippen LogP contribution in [-0.2, 0) is 3.37 Å². The van der Waals surface area contributed by atoms with Gasteiger partial charge in [0.2, 0.25) is 0 Å². The van der Waals surface area contributed by atoms with Crippen molar-refractivity contribution in [1.29, 1.82) is 0 Å². The van der Waals surface area contributed by atoms with E-state index in [2.05, 4.69) is 91.0 Å². The molecule has 8 rings (SSSR count). The summed E-state index contributed by atoms with van der Waals surface area (Å²) in [5, 5.41) is 0. The van der Waals surface area contributed by atoms with Crippen LogP contribution in [0.15, 0.2) is 171 Å². The van der Waals surface area contributed by atoms with Crippen molar-refractivity contribution in [2.24, 2.45) is 0 Å². The van der Waals surface area contributed by atoms with E-state index in [1.807, 2.05) is 48.5 Å². The van der Waals surface area contributed by atoms with Crippen LogP contribution in [0.3, 0.4) is 0 Å². The number of allylic oxidation sites excluding steroid dienone is 11. The molecule has 0 saturated heterocycles. The summed E-state index contributed by atoms with van der Waals surface area (Å²) < 4.78 is 47.1. The normalized spacial score (nSPS) is 20.3. The van der Waals surface area contributed by atoms with Crippen LogP contribution < -0.4 is 14.0 Å². The van der Waals surface area contributed by atoms with Crippen molar-refractivity contribution in [3.63, 3.8) is 0 Å². The Morgan fingerprint density at radius 1 is 0.604 bits per heavy atom. The second-order valence-electron chi connectivity index (χ2n) is 11.9. The molecule has 0 amide bonds. The topological polar surface area (TPSA) is 78.4 Å². The SMILES string of the molecule is [O-][Cl+3]([O-])([O-])O[Se]1=C(c2ccccc2)C=C(c2ccccc2)C2=C1/C(=C/C1=C3[Se]C(c4ccccc4)=CC(c4ccccc4)=C3CC1)CC2. The van der Waals surface area contributed by atoms with Crippen molar-refractivity contribution in [2.45, 2.75) is 25.7 Å². The number of hydrogen-bond acceptors (Lipinski definition) is 4. The van der Waals surface area contributed by atoms with Gasteiger partial charge in [0.1, 0.15) is 0 Å². The minimum atomic E-state index is -4.64. The zero-order valence-corrected chi connectivity index (χ0v) is 30.1. The molecule has 1 atom stereocenters. The van der Waals surface area contributed by atoms with E-state index < -0.39 is 24.0 Å². The Hall–Kier alpha value is -3.64. The third kappa shape index (κ3) is 6.29. The molecular weight excluding hydrogens is 750 g/mol. The Bertz CT molecular complexity index is 2120. The Kier molecular flexibility index (Phi) is 8.79. The second kappa shape index (κ2) is 13.3. The molecule has 0 fully saturated rings. The van der Waals surface area contributed by atoms with Crippen LogP contribution in [0.4, 0.5) is 0 Å². The third-order valence-corrected chi connectivity index (χ3v) is 17.2. The Morgan fingerprint density at radius 3 is 1.79 bits per heavy atom. The van der Waals surface area contributed by atoms with Gasteiger partial charge in [0.05, 0.1) is 0 Å². The van der Waals surface area contributed by atoms with Gasteiger partial charge in [-0.25, -0.2) is 0 Å². The van der Waals surface area contributed by atoms with Gasteiger partial charge in [0.25, 0.3) is 0 Å². The summed E-state index contributed by atoms with van der Waals surface area (Å²) >= 11 is -2.66. The molecule has 2 aliphatic heterocycles. The molecule has 0 aromatic heterocycles. The summed E-state index contributed by atoms with van der Waals surface area (Å²) in [7, 11) is -4.64. The number of benzene rings is 4. The molecule has 4 aromatic carbocycles. The van der Waals surface area contributed by atoms with Gasteiger partial charge in [0, 0.05) is 0 Å². The summed E-state index contributed by atoms with van der Waals surface area (Å²) in [6, 6.07) is 41.3. The van der Waals surface area contributed by atoms with E-state index in [0.29, 0.717) is 0 Å². The van der Waals surface area contributed by atoms with E-state index in [1.165, 1.54) is 36.8 Å². The summed E-state index contributed by atoms with van der Waals surface area (Å²) in [6.45, 7) is 0. The third-order valence-electron chi connectivity index (χ3n) is 8.99. The first kappa shape index (κ1) is 31.6. The number of fused-ring (bicyclic) bond motifs is 1. The van der Waals surface area contributed by atoms with Crippen molar-refractivity contribution in [3.8, 4) is 0 Å². The zero-order chi connectivity index (χ0) is 32.7. The van der Waals surface area contributed by atoms with Crippen LogP contribution in [0.1, 0.15) is 47.9 Å². The molecule has 4 aliphatic rings. The average molecular weight is 781 g/mol. The van der Waals surface area contributed by atoms with Gasteiger partial charge in [-0.3, -0.25) is 0 Å². The monoisotopic (exact) mass is 782 g/mol. The van der Waals surface area contributed by atoms with Crippen LogP contribution in [-0.4, -0.2) is 33.2 Å². The van der Waals surface area contributed by atoms with E-state index in [1.54, 1.807) is 0 Å². The summed E-state index contributed by atoms with van der Waals surface area (Å²) in [4.78, 5) is 0. The zero-order valence-electron chi connectivity index (χ0n) is 25.9. The van der Waals surface area contributed by atoms with Crippen LogP contribution in [0.25, 0.3) is 15.6 Å². The molecular formula is C41H31ClO4Se2. The average Bonchev–Trinajstić information content (AvgIpc) is 3.73. The van der Waals surface area contributed by atoms with Crippen LogP contribution >= 0.6 is 0 Å². The first-order valence-electron chi connectivity index (χ1n) is 15.9. The van der Waals surface area contributed by atoms with Crippen LogP contribution in [0, 0.1) is 10.2 Å². The van der Waals surface area contributed by atoms with E-state index in [0.717, 1.165) is 62.4 Å². The van der Waals surface area contributed by atoms with E-state index in [9.17, 15) is 14.0 Å². The molecule has 7 heteroatoms. The van der Waals surface area contributed by atoms with Gasteiger partial charge < -0.3 is 0 Å². The van der Waals surface area contributed by atoms with Gasteiger partial charge in [-0.1, -0.05) is 0 Å². The molecule has 238 valence electrons. The van der Waals surface area contributed by atoms with Gasteiger partial charge in [-0.2, -0.15) is 0 Å². The molecule has 0 saturated carbocycles. The molecule has 1 unspecified atom stereocenters. The predicted octanol–water partition coefficient (Wildman–Crippen LogP) is 5.61. The fraction of sp³-hybridized carbons (Fsp3) is 0.0976. The Morgan fingerprint density at radius 2 is 1.17 bits per heavy atom. The fourth-order valence-electron chi connectivity index (χ4n) is 6.89. The van der Waals surface area contributed by atoms with Crippen molar-refractivity contribution in [3.05, 3.63) is 193 Å². The number of hydrogen-bond donors (Lipinski definition) is 0. The minimum absolute atomic E-state index is 0.0971. The molecule has 4 nitrogen and oxygen atoms in total. The number of rotatable bonds is 7. The van der Waals surface area contributed by atoms with E-state index in [-0.39, 0.29) is 15.0 Å². The molecule has 4 aromatic rings. The Labute approximate surface area is 293 Å². The van der Waals surface area contributed by atoms with Crippen LogP contribution in [0.5, 0.6) is 0 Å². The van der Waals surface area contributed by atoms with Gasteiger partial charge in [-0.15, -0.1) is 0 Å². The molecule has 48 heavy (non-hydrogen) atoms. The molecule has 0 radical (unpaired) electrons. The molecule has 2 aliphatic carbocycles. The first-order valence-corrected chi connectivity index (χ1v) is 21.2. The van der Waals surface area contributed by atoms with Gasteiger partial charge in [-0.05, 0) is 0 Å².